The van der Waals surface area contributed by atoms with Crippen LogP contribution in [0.15, 0.2) is 24.4 Å². The van der Waals surface area contributed by atoms with Crippen LogP contribution in [-0.2, 0) is 9.53 Å². The topological polar surface area (TPSA) is 71.8 Å². The highest BCUT2D eigenvalue weighted by atomic mass is 16.6. The third-order valence-electron chi connectivity index (χ3n) is 6.64. The highest BCUT2D eigenvalue weighted by Crippen LogP contribution is 2.42. The van der Waals surface area contributed by atoms with Crippen molar-refractivity contribution >= 4 is 11.6 Å². The van der Waals surface area contributed by atoms with E-state index in [9.17, 15) is 4.79 Å². The zero-order chi connectivity index (χ0) is 18.3. The Balaban J connectivity index is 1.19. The first-order chi connectivity index (χ1) is 13.2. The Hall–Kier alpha value is -1.99. The lowest BCUT2D eigenvalue weighted by Gasteiger charge is -2.33. The fourth-order valence-electron chi connectivity index (χ4n) is 5.05. The average Bonchev–Trinajstić information content (AvgIpc) is 3.25. The number of esters is 1. The van der Waals surface area contributed by atoms with Crippen LogP contribution in [0, 0.1) is 5.41 Å². The van der Waals surface area contributed by atoms with E-state index in [1.807, 2.05) is 24.4 Å². The summed E-state index contributed by atoms with van der Waals surface area (Å²) >= 11 is 0. The van der Waals surface area contributed by atoms with Gasteiger partial charge in [0.2, 0.25) is 0 Å². The summed E-state index contributed by atoms with van der Waals surface area (Å²) in [7, 11) is 0. The van der Waals surface area contributed by atoms with E-state index in [4.69, 9.17) is 4.74 Å². The molecular weight excluding hydrogens is 342 g/mol. The number of nitrogens with one attached hydrogen (secondary N) is 1. The molecule has 7 nitrogen and oxygen atoms in total. The maximum atomic E-state index is 12.4. The number of carbonyl (C=O) groups is 1. The molecule has 5 heterocycles. The number of ether oxygens (including phenoxy) is 1. The molecule has 144 valence electrons. The van der Waals surface area contributed by atoms with E-state index in [1.165, 1.54) is 0 Å². The molecule has 1 atom stereocenters. The fraction of sp³-hybridized carbons (Fsp3) is 0.650. The standard InChI is InChI=1S/C20H27N5O2/c26-19-20(6-8-21-9-7-20)13-16(27-19)14-24-11-4-15(5-12-24)18-23-22-17-3-1-2-10-25(17)18/h1-3,10,15-16,21H,4-9,11-14H2. The maximum Gasteiger partial charge on any atom is 0.312 e. The molecule has 1 unspecified atom stereocenters. The summed E-state index contributed by atoms with van der Waals surface area (Å²) < 4.78 is 7.89. The predicted octanol–water partition coefficient (Wildman–Crippen LogP) is 1.59. The van der Waals surface area contributed by atoms with Gasteiger partial charge in [0.25, 0.3) is 0 Å². The second-order valence-corrected chi connectivity index (χ2v) is 8.32. The van der Waals surface area contributed by atoms with Gasteiger partial charge >= 0.3 is 5.97 Å². The van der Waals surface area contributed by atoms with Gasteiger partial charge < -0.3 is 10.1 Å². The minimum absolute atomic E-state index is 0.0406. The average molecular weight is 369 g/mol. The molecule has 7 heteroatoms. The lowest BCUT2D eigenvalue weighted by Crippen LogP contribution is -2.40. The number of likely N-dealkylation sites (tertiary alicyclic amines) is 1. The second kappa shape index (κ2) is 6.87. The van der Waals surface area contributed by atoms with Crippen LogP contribution >= 0.6 is 0 Å². The quantitative estimate of drug-likeness (QED) is 0.829. The van der Waals surface area contributed by atoms with E-state index >= 15 is 0 Å². The molecule has 0 aromatic carbocycles. The SMILES string of the molecule is O=C1OC(CN2CCC(c3nnc4ccccn34)CC2)CC12CCNCC2. The number of pyridine rings is 1. The highest BCUT2D eigenvalue weighted by molar-refractivity contribution is 5.79. The van der Waals surface area contributed by atoms with Crippen molar-refractivity contribution in [2.24, 2.45) is 5.41 Å². The zero-order valence-electron chi connectivity index (χ0n) is 15.6. The molecule has 3 fully saturated rings. The van der Waals surface area contributed by atoms with E-state index < -0.39 is 0 Å². The van der Waals surface area contributed by atoms with Crippen LogP contribution in [0.2, 0.25) is 0 Å². The summed E-state index contributed by atoms with van der Waals surface area (Å²) in [6, 6.07) is 6.02. The number of hydrogen-bond donors (Lipinski definition) is 1. The summed E-state index contributed by atoms with van der Waals surface area (Å²) in [5, 5.41) is 12.1. The van der Waals surface area contributed by atoms with Crippen LogP contribution in [0.3, 0.4) is 0 Å². The molecule has 0 radical (unpaired) electrons. The van der Waals surface area contributed by atoms with E-state index in [-0.39, 0.29) is 17.5 Å². The number of cyclic esters (lactones) is 1. The Morgan fingerprint density at radius 1 is 1.19 bits per heavy atom. The number of piperidine rings is 2. The number of hydrogen-bond acceptors (Lipinski definition) is 6. The highest BCUT2D eigenvalue weighted by Gasteiger charge is 2.49. The molecule has 2 aromatic rings. The van der Waals surface area contributed by atoms with Gasteiger partial charge in [-0.3, -0.25) is 14.1 Å². The number of carbonyl (C=O) groups excluding carboxylic acids is 1. The van der Waals surface area contributed by atoms with Crippen molar-refractivity contribution in [1.29, 1.82) is 0 Å². The Morgan fingerprint density at radius 2 is 2.00 bits per heavy atom. The molecule has 0 saturated carbocycles. The Bertz CT molecular complexity index is 821. The van der Waals surface area contributed by atoms with Gasteiger partial charge in [0, 0.05) is 25.1 Å². The van der Waals surface area contributed by atoms with Crippen LogP contribution in [0.1, 0.15) is 43.8 Å². The fourth-order valence-corrected chi connectivity index (χ4v) is 5.05. The lowest BCUT2D eigenvalue weighted by atomic mass is 9.76. The number of rotatable bonds is 3. The van der Waals surface area contributed by atoms with Gasteiger partial charge in [-0.1, -0.05) is 6.07 Å². The molecule has 1 spiro atoms. The Labute approximate surface area is 159 Å². The largest absolute Gasteiger partial charge is 0.461 e. The summed E-state index contributed by atoms with van der Waals surface area (Å²) in [6.45, 7) is 4.78. The van der Waals surface area contributed by atoms with Crippen molar-refractivity contribution in [1.82, 2.24) is 24.8 Å². The van der Waals surface area contributed by atoms with Gasteiger partial charge in [-0.05, 0) is 64.0 Å². The number of nitrogens with zero attached hydrogens (tertiary/aromatic N) is 4. The van der Waals surface area contributed by atoms with Crippen molar-refractivity contribution in [2.75, 3.05) is 32.7 Å². The van der Waals surface area contributed by atoms with Crippen molar-refractivity contribution in [3.8, 4) is 0 Å². The van der Waals surface area contributed by atoms with Gasteiger partial charge in [0.15, 0.2) is 5.65 Å². The third-order valence-corrected chi connectivity index (χ3v) is 6.64. The molecule has 3 aliphatic heterocycles. The van der Waals surface area contributed by atoms with E-state index in [0.29, 0.717) is 5.92 Å². The molecule has 27 heavy (non-hydrogen) atoms. The normalized spacial score (nSPS) is 26.7. The molecular formula is C20H27N5O2. The first-order valence-corrected chi connectivity index (χ1v) is 10.2. The van der Waals surface area contributed by atoms with Crippen LogP contribution in [0.4, 0.5) is 0 Å². The minimum Gasteiger partial charge on any atom is -0.461 e. The van der Waals surface area contributed by atoms with Crippen molar-refractivity contribution in [3.05, 3.63) is 30.2 Å². The molecule has 5 rings (SSSR count). The monoisotopic (exact) mass is 369 g/mol. The predicted molar refractivity (Wildman–Crippen MR) is 100 cm³/mol. The van der Waals surface area contributed by atoms with E-state index in [1.54, 1.807) is 0 Å². The maximum absolute atomic E-state index is 12.4. The van der Waals surface area contributed by atoms with Crippen molar-refractivity contribution in [3.63, 3.8) is 0 Å². The molecule has 0 amide bonds. The molecule has 0 aliphatic carbocycles. The number of fused-ring (bicyclic) bond motifs is 1. The number of aromatic nitrogens is 3. The first-order valence-electron chi connectivity index (χ1n) is 10.2. The summed E-state index contributed by atoms with van der Waals surface area (Å²) in [5.41, 5.74) is 0.703. The first kappa shape index (κ1) is 17.1. The van der Waals surface area contributed by atoms with Crippen LogP contribution in [-0.4, -0.2) is 64.3 Å². The van der Waals surface area contributed by atoms with Gasteiger partial charge in [-0.15, -0.1) is 10.2 Å². The van der Waals surface area contributed by atoms with Crippen molar-refractivity contribution < 1.29 is 9.53 Å². The van der Waals surface area contributed by atoms with Crippen LogP contribution < -0.4 is 5.32 Å². The summed E-state index contributed by atoms with van der Waals surface area (Å²) in [4.78, 5) is 14.9. The third kappa shape index (κ3) is 3.12. The van der Waals surface area contributed by atoms with Gasteiger partial charge in [0.05, 0.1) is 5.41 Å². The molecule has 1 N–H and O–H groups in total. The lowest BCUT2D eigenvalue weighted by molar-refractivity contribution is -0.150. The van der Waals surface area contributed by atoms with Gasteiger partial charge in [0.1, 0.15) is 11.9 Å². The van der Waals surface area contributed by atoms with E-state index in [0.717, 1.165) is 76.3 Å². The molecule has 3 saturated heterocycles. The minimum atomic E-state index is -0.214. The summed E-state index contributed by atoms with van der Waals surface area (Å²) in [5.74, 6) is 1.56. The van der Waals surface area contributed by atoms with Crippen LogP contribution in [0.5, 0.6) is 0 Å². The van der Waals surface area contributed by atoms with E-state index in [2.05, 4.69) is 24.8 Å². The van der Waals surface area contributed by atoms with Crippen LogP contribution in [0.25, 0.3) is 5.65 Å². The molecule has 0 bridgehead atoms. The Morgan fingerprint density at radius 3 is 2.81 bits per heavy atom. The van der Waals surface area contributed by atoms with Gasteiger partial charge in [-0.25, -0.2) is 0 Å². The molecule has 2 aromatic heterocycles. The molecule has 3 aliphatic rings. The Kier molecular flexibility index (Phi) is 4.36. The van der Waals surface area contributed by atoms with Crippen molar-refractivity contribution in [2.45, 2.75) is 44.1 Å². The van der Waals surface area contributed by atoms with Gasteiger partial charge in [-0.2, -0.15) is 0 Å². The zero-order valence-corrected chi connectivity index (χ0v) is 15.6. The second-order valence-electron chi connectivity index (χ2n) is 8.32. The summed E-state index contributed by atoms with van der Waals surface area (Å²) in [6.07, 6.45) is 6.99. The smallest absolute Gasteiger partial charge is 0.312 e.